The molecule has 0 aliphatic heterocycles. The summed E-state index contributed by atoms with van der Waals surface area (Å²) < 4.78 is 36.6. The van der Waals surface area contributed by atoms with Crippen molar-refractivity contribution in [2.24, 2.45) is 0 Å². The van der Waals surface area contributed by atoms with Gasteiger partial charge in [-0.15, -0.1) is 11.8 Å². The molecule has 0 aliphatic rings. The van der Waals surface area contributed by atoms with Crippen LogP contribution in [0.4, 0.5) is 13.2 Å². The van der Waals surface area contributed by atoms with Gasteiger partial charge in [0, 0.05) is 23.1 Å². The molecule has 0 aromatic heterocycles. The number of halogens is 3. The minimum Gasteiger partial charge on any atom is -0.313 e. The normalized spacial score (nSPS) is 13.6. The van der Waals surface area contributed by atoms with E-state index in [2.05, 4.69) is 5.32 Å². The molecule has 1 N–H and O–H groups in total. The summed E-state index contributed by atoms with van der Waals surface area (Å²) in [6.07, 6.45) is -4.65. The van der Waals surface area contributed by atoms with Crippen molar-refractivity contribution in [2.45, 2.75) is 36.9 Å². The second kappa shape index (κ2) is 7.69. The van der Waals surface area contributed by atoms with Crippen molar-refractivity contribution < 1.29 is 13.2 Å². The van der Waals surface area contributed by atoms with Crippen LogP contribution in [-0.2, 0) is 0 Å². The molecule has 1 atom stereocenters. The van der Waals surface area contributed by atoms with Crippen LogP contribution < -0.4 is 5.32 Å². The lowest BCUT2D eigenvalue weighted by molar-refractivity contribution is -0.136. The fraction of sp³-hybridized carbons (Fsp3) is 0.538. The van der Waals surface area contributed by atoms with E-state index in [1.54, 1.807) is 11.8 Å². The van der Waals surface area contributed by atoms with Gasteiger partial charge in [0.2, 0.25) is 0 Å². The molecule has 0 bridgehead atoms. The summed E-state index contributed by atoms with van der Waals surface area (Å²) in [6, 6.07) is 9.63. The van der Waals surface area contributed by atoms with Crippen LogP contribution in [0.5, 0.6) is 0 Å². The first-order valence-electron chi connectivity index (χ1n) is 5.99. The Morgan fingerprint density at radius 1 is 1.22 bits per heavy atom. The number of thioether (sulfide) groups is 1. The molecule has 1 aromatic rings. The molecular weight excluding hydrogens is 259 g/mol. The maximum Gasteiger partial charge on any atom is 0.389 e. The Labute approximate surface area is 110 Å². The number of alkyl halides is 3. The van der Waals surface area contributed by atoms with Crippen molar-refractivity contribution in [2.75, 3.05) is 12.3 Å². The molecule has 0 saturated carbocycles. The van der Waals surface area contributed by atoms with Gasteiger partial charge in [0.25, 0.3) is 0 Å². The average molecular weight is 277 g/mol. The highest BCUT2D eigenvalue weighted by molar-refractivity contribution is 7.99. The lowest BCUT2D eigenvalue weighted by atomic mass is 10.2. The van der Waals surface area contributed by atoms with Crippen LogP contribution in [0.3, 0.4) is 0 Å². The molecule has 0 radical (unpaired) electrons. The third-order valence-corrected chi connectivity index (χ3v) is 3.64. The molecule has 1 aromatic carbocycles. The maximum atomic E-state index is 12.2. The summed E-state index contributed by atoms with van der Waals surface area (Å²) in [5.41, 5.74) is 0. The predicted molar refractivity (Wildman–Crippen MR) is 69.9 cm³/mol. The van der Waals surface area contributed by atoms with Crippen LogP contribution in [0.2, 0.25) is 0 Å². The summed E-state index contributed by atoms with van der Waals surface area (Å²) in [6.45, 7) is 2.60. The van der Waals surface area contributed by atoms with Gasteiger partial charge in [-0.1, -0.05) is 25.1 Å². The number of hydrogen-bond donors (Lipinski definition) is 1. The number of hydrogen-bond acceptors (Lipinski definition) is 2. The van der Waals surface area contributed by atoms with Gasteiger partial charge in [-0.25, -0.2) is 0 Å². The van der Waals surface area contributed by atoms with Crippen LogP contribution in [0.15, 0.2) is 35.2 Å². The molecule has 0 spiro atoms. The molecule has 0 fully saturated rings. The Bertz CT molecular complexity index is 327. The van der Waals surface area contributed by atoms with Crippen molar-refractivity contribution in [1.82, 2.24) is 5.32 Å². The van der Waals surface area contributed by atoms with E-state index in [0.717, 1.165) is 4.90 Å². The molecule has 5 heteroatoms. The molecule has 0 amide bonds. The third-order valence-electron chi connectivity index (χ3n) is 2.46. The summed E-state index contributed by atoms with van der Waals surface area (Å²) in [5, 5.41) is 3.10. The van der Waals surface area contributed by atoms with Crippen LogP contribution in [0, 0.1) is 0 Å². The molecule has 0 heterocycles. The summed E-state index contributed by atoms with van der Waals surface area (Å²) in [5.74, 6) is 0.661. The second-order valence-corrected chi connectivity index (χ2v) is 5.13. The first-order chi connectivity index (χ1) is 8.51. The van der Waals surface area contributed by atoms with Gasteiger partial charge < -0.3 is 5.32 Å². The minimum absolute atomic E-state index is 0.0955. The average Bonchev–Trinajstić information content (AvgIpc) is 2.33. The van der Waals surface area contributed by atoms with Gasteiger partial charge >= 0.3 is 6.18 Å². The smallest absolute Gasteiger partial charge is 0.313 e. The van der Waals surface area contributed by atoms with E-state index in [-0.39, 0.29) is 12.5 Å². The Hall–Kier alpha value is -0.680. The quantitative estimate of drug-likeness (QED) is 0.753. The summed E-state index contributed by atoms with van der Waals surface area (Å²) in [7, 11) is 0. The molecule has 0 saturated heterocycles. The molecule has 18 heavy (non-hydrogen) atoms. The standard InChI is InChI=1S/C13H18F3NS/c1-2-17-11(8-9-13(14,15)16)10-18-12-6-4-3-5-7-12/h3-7,11,17H,2,8-10H2,1H3. The van der Waals surface area contributed by atoms with Gasteiger partial charge in [-0.05, 0) is 25.1 Å². The van der Waals surface area contributed by atoms with Crippen molar-refractivity contribution in [1.29, 1.82) is 0 Å². The SMILES string of the molecule is CCNC(CCC(F)(F)F)CSc1ccccc1. The zero-order valence-electron chi connectivity index (χ0n) is 10.3. The molecule has 1 rings (SSSR count). The molecule has 0 aliphatic carbocycles. The fourth-order valence-corrected chi connectivity index (χ4v) is 2.61. The highest BCUT2D eigenvalue weighted by atomic mass is 32.2. The summed E-state index contributed by atoms with van der Waals surface area (Å²) in [4.78, 5) is 1.09. The topological polar surface area (TPSA) is 12.0 Å². The zero-order chi connectivity index (χ0) is 13.4. The van der Waals surface area contributed by atoms with E-state index in [9.17, 15) is 13.2 Å². The Balaban J connectivity index is 2.38. The first kappa shape index (κ1) is 15.4. The second-order valence-electron chi connectivity index (χ2n) is 4.03. The van der Waals surface area contributed by atoms with E-state index < -0.39 is 12.6 Å². The highest BCUT2D eigenvalue weighted by Crippen LogP contribution is 2.25. The summed E-state index contributed by atoms with van der Waals surface area (Å²) >= 11 is 1.59. The molecule has 1 nitrogen and oxygen atoms in total. The Kier molecular flexibility index (Phi) is 6.57. The largest absolute Gasteiger partial charge is 0.389 e. The van der Waals surface area contributed by atoms with E-state index in [1.807, 2.05) is 37.3 Å². The highest BCUT2D eigenvalue weighted by Gasteiger charge is 2.28. The molecule has 1 unspecified atom stereocenters. The van der Waals surface area contributed by atoms with E-state index in [4.69, 9.17) is 0 Å². The third kappa shape index (κ3) is 6.91. The van der Waals surface area contributed by atoms with Gasteiger partial charge in [0.05, 0.1) is 0 Å². The van der Waals surface area contributed by atoms with Crippen molar-refractivity contribution in [3.63, 3.8) is 0 Å². The zero-order valence-corrected chi connectivity index (χ0v) is 11.2. The van der Waals surface area contributed by atoms with Crippen LogP contribution in [0.25, 0.3) is 0 Å². The van der Waals surface area contributed by atoms with Crippen molar-refractivity contribution in [3.8, 4) is 0 Å². The van der Waals surface area contributed by atoms with Crippen LogP contribution in [-0.4, -0.2) is 24.5 Å². The lowest BCUT2D eigenvalue weighted by Crippen LogP contribution is -2.32. The van der Waals surface area contributed by atoms with Gasteiger partial charge in [0.1, 0.15) is 0 Å². The number of rotatable bonds is 7. The van der Waals surface area contributed by atoms with Crippen LogP contribution >= 0.6 is 11.8 Å². The maximum absolute atomic E-state index is 12.2. The van der Waals surface area contributed by atoms with Gasteiger partial charge in [0.15, 0.2) is 0 Å². The molecule has 102 valence electrons. The first-order valence-corrected chi connectivity index (χ1v) is 6.98. The Morgan fingerprint density at radius 3 is 2.44 bits per heavy atom. The molecular formula is C13H18F3NS. The van der Waals surface area contributed by atoms with E-state index >= 15 is 0 Å². The number of nitrogens with one attached hydrogen (secondary N) is 1. The van der Waals surface area contributed by atoms with Gasteiger partial charge in [-0.2, -0.15) is 13.2 Å². The fourth-order valence-electron chi connectivity index (χ4n) is 1.58. The van der Waals surface area contributed by atoms with Gasteiger partial charge in [-0.3, -0.25) is 0 Å². The lowest BCUT2D eigenvalue weighted by Gasteiger charge is -2.18. The van der Waals surface area contributed by atoms with E-state index in [0.29, 0.717) is 12.3 Å². The van der Waals surface area contributed by atoms with E-state index in [1.165, 1.54) is 0 Å². The van der Waals surface area contributed by atoms with Crippen molar-refractivity contribution in [3.05, 3.63) is 30.3 Å². The minimum atomic E-state index is -4.06. The monoisotopic (exact) mass is 277 g/mol. The Morgan fingerprint density at radius 2 is 1.89 bits per heavy atom. The van der Waals surface area contributed by atoms with Crippen molar-refractivity contribution >= 4 is 11.8 Å². The number of benzene rings is 1. The van der Waals surface area contributed by atoms with Crippen LogP contribution in [0.1, 0.15) is 19.8 Å². The predicted octanol–water partition coefficient (Wildman–Crippen LogP) is 4.10.